The van der Waals surface area contributed by atoms with E-state index in [4.69, 9.17) is 0 Å². The molecule has 0 radical (unpaired) electrons. The first-order valence-corrected chi connectivity index (χ1v) is 6.19. The molecule has 90 valence electrons. The number of hydrogen-bond donors (Lipinski definition) is 0. The summed E-state index contributed by atoms with van der Waals surface area (Å²) in [5.74, 6) is 0.923. The van der Waals surface area contributed by atoms with Crippen LogP contribution in [0.2, 0.25) is 0 Å². The van der Waals surface area contributed by atoms with Crippen molar-refractivity contribution in [3.05, 3.63) is 29.8 Å². The van der Waals surface area contributed by atoms with E-state index in [-0.39, 0.29) is 5.75 Å². The summed E-state index contributed by atoms with van der Waals surface area (Å²) in [6.07, 6.45) is 1.69. The van der Waals surface area contributed by atoms with Crippen LogP contribution in [0.4, 0.5) is 0 Å². The van der Waals surface area contributed by atoms with Gasteiger partial charge in [0.25, 0.3) is 0 Å². The molecule has 1 unspecified atom stereocenters. The molecule has 0 spiro atoms. The highest BCUT2D eigenvalue weighted by Crippen LogP contribution is 2.17. The second kappa shape index (κ2) is 4.72. The standard InChI is InChI=1S/C10H12N4O2S/c1-7-5-8(3-4-11-7)10-13-12-9(14(10)2)6-17(15)16/h3-5H,6H2,1-2H3,(H,15,16)/p-1. The lowest BCUT2D eigenvalue weighted by molar-refractivity contribution is 0.533. The van der Waals surface area contributed by atoms with Crippen molar-refractivity contribution in [2.24, 2.45) is 7.05 Å². The fourth-order valence-electron chi connectivity index (χ4n) is 1.53. The summed E-state index contributed by atoms with van der Waals surface area (Å²) in [6.45, 7) is 1.88. The molecule has 2 aromatic heterocycles. The van der Waals surface area contributed by atoms with Gasteiger partial charge in [0.1, 0.15) is 5.82 Å². The Morgan fingerprint density at radius 2 is 2.24 bits per heavy atom. The average Bonchev–Trinajstić information content (AvgIpc) is 2.60. The lowest BCUT2D eigenvalue weighted by Gasteiger charge is -2.06. The van der Waals surface area contributed by atoms with Crippen LogP contribution in [-0.4, -0.2) is 28.5 Å². The zero-order valence-corrected chi connectivity index (χ0v) is 10.3. The Hall–Kier alpha value is -1.60. The summed E-state index contributed by atoms with van der Waals surface area (Å²) in [6, 6.07) is 3.69. The van der Waals surface area contributed by atoms with E-state index in [9.17, 15) is 8.76 Å². The molecule has 0 amide bonds. The van der Waals surface area contributed by atoms with E-state index >= 15 is 0 Å². The number of rotatable bonds is 3. The molecule has 2 heterocycles. The van der Waals surface area contributed by atoms with Crippen molar-refractivity contribution in [1.29, 1.82) is 0 Å². The van der Waals surface area contributed by atoms with Crippen molar-refractivity contribution in [2.75, 3.05) is 0 Å². The van der Waals surface area contributed by atoms with E-state index in [1.54, 1.807) is 17.8 Å². The smallest absolute Gasteiger partial charge is 0.163 e. The normalized spacial score (nSPS) is 12.6. The largest absolute Gasteiger partial charge is 0.772 e. The third-order valence-electron chi connectivity index (χ3n) is 2.37. The zero-order chi connectivity index (χ0) is 12.4. The molecule has 0 aliphatic rings. The van der Waals surface area contributed by atoms with Gasteiger partial charge in [0.2, 0.25) is 0 Å². The molecule has 17 heavy (non-hydrogen) atoms. The van der Waals surface area contributed by atoms with Gasteiger partial charge in [0, 0.05) is 24.5 Å². The van der Waals surface area contributed by atoms with E-state index < -0.39 is 11.1 Å². The third-order valence-corrected chi connectivity index (χ3v) is 2.86. The first-order chi connectivity index (χ1) is 8.08. The van der Waals surface area contributed by atoms with E-state index in [1.807, 2.05) is 19.1 Å². The minimum atomic E-state index is -2.16. The van der Waals surface area contributed by atoms with Gasteiger partial charge in [-0.3, -0.25) is 9.19 Å². The van der Waals surface area contributed by atoms with Crippen LogP contribution >= 0.6 is 0 Å². The topological polar surface area (TPSA) is 83.7 Å². The molecule has 0 aromatic carbocycles. The van der Waals surface area contributed by atoms with Crippen LogP contribution < -0.4 is 0 Å². The Balaban J connectivity index is 2.40. The van der Waals surface area contributed by atoms with Gasteiger partial charge in [0.05, 0.1) is 5.75 Å². The van der Waals surface area contributed by atoms with Gasteiger partial charge in [-0.2, -0.15) is 0 Å². The second-order valence-corrected chi connectivity index (χ2v) is 4.53. The van der Waals surface area contributed by atoms with Crippen LogP contribution in [0.15, 0.2) is 18.3 Å². The van der Waals surface area contributed by atoms with E-state index in [1.165, 1.54) is 0 Å². The van der Waals surface area contributed by atoms with Crippen molar-refractivity contribution in [1.82, 2.24) is 19.7 Å². The maximum absolute atomic E-state index is 10.6. The quantitative estimate of drug-likeness (QED) is 0.744. The molecular weight excluding hydrogens is 240 g/mol. The fourth-order valence-corrected chi connectivity index (χ4v) is 1.99. The number of aromatic nitrogens is 4. The van der Waals surface area contributed by atoms with Gasteiger partial charge in [-0.25, -0.2) is 0 Å². The Bertz CT molecular complexity index is 567. The van der Waals surface area contributed by atoms with Gasteiger partial charge in [-0.05, 0) is 30.1 Å². The van der Waals surface area contributed by atoms with E-state index in [2.05, 4.69) is 15.2 Å². The highest BCUT2D eigenvalue weighted by molar-refractivity contribution is 7.78. The predicted molar refractivity (Wildman–Crippen MR) is 61.6 cm³/mol. The first-order valence-electron chi connectivity index (χ1n) is 4.95. The third kappa shape index (κ3) is 2.56. The summed E-state index contributed by atoms with van der Waals surface area (Å²) < 4.78 is 22.9. The van der Waals surface area contributed by atoms with E-state index in [0.29, 0.717) is 11.6 Å². The van der Waals surface area contributed by atoms with Crippen molar-refractivity contribution >= 4 is 11.1 Å². The first kappa shape index (κ1) is 11.9. The minimum absolute atomic E-state index is 0.131. The molecule has 0 saturated carbocycles. The molecule has 0 aliphatic carbocycles. The van der Waals surface area contributed by atoms with Gasteiger partial charge in [-0.1, -0.05) is 0 Å². The number of hydrogen-bond acceptors (Lipinski definition) is 5. The highest BCUT2D eigenvalue weighted by Gasteiger charge is 2.10. The monoisotopic (exact) mass is 251 g/mol. The molecule has 0 bridgehead atoms. The number of pyridine rings is 1. The fraction of sp³-hybridized carbons (Fsp3) is 0.300. The molecule has 2 rings (SSSR count). The van der Waals surface area contributed by atoms with Crippen LogP contribution in [0.3, 0.4) is 0 Å². The summed E-state index contributed by atoms with van der Waals surface area (Å²) in [4.78, 5) is 4.09. The van der Waals surface area contributed by atoms with E-state index in [0.717, 1.165) is 11.3 Å². The Kier molecular flexibility index (Phi) is 3.30. The number of nitrogens with zero attached hydrogens (tertiary/aromatic N) is 4. The summed E-state index contributed by atoms with van der Waals surface area (Å²) >= 11 is -2.16. The molecule has 1 atom stereocenters. The molecule has 0 N–H and O–H groups in total. The SMILES string of the molecule is Cc1cc(-c2nnc(CS(=O)[O-])n2C)ccn1. The van der Waals surface area contributed by atoms with Gasteiger partial charge < -0.3 is 9.12 Å². The summed E-state index contributed by atoms with van der Waals surface area (Å²) in [5, 5.41) is 7.85. The Morgan fingerprint density at radius 3 is 2.88 bits per heavy atom. The summed E-state index contributed by atoms with van der Waals surface area (Å²) in [5.41, 5.74) is 1.75. The molecule has 2 aromatic rings. The lowest BCUT2D eigenvalue weighted by Crippen LogP contribution is -2.03. The minimum Gasteiger partial charge on any atom is -0.772 e. The van der Waals surface area contributed by atoms with Crippen molar-refractivity contribution in [2.45, 2.75) is 12.7 Å². The molecule has 0 fully saturated rings. The Labute approximate surface area is 101 Å². The maximum Gasteiger partial charge on any atom is 0.163 e. The highest BCUT2D eigenvalue weighted by atomic mass is 32.2. The van der Waals surface area contributed by atoms with Crippen LogP contribution in [-0.2, 0) is 23.9 Å². The zero-order valence-electron chi connectivity index (χ0n) is 9.45. The number of aryl methyl sites for hydroxylation is 1. The average molecular weight is 251 g/mol. The van der Waals surface area contributed by atoms with Gasteiger partial charge in [0.15, 0.2) is 5.82 Å². The molecule has 0 aliphatic heterocycles. The van der Waals surface area contributed by atoms with Crippen LogP contribution in [0, 0.1) is 6.92 Å². The van der Waals surface area contributed by atoms with Crippen molar-refractivity contribution in [3.63, 3.8) is 0 Å². The molecule has 0 saturated heterocycles. The van der Waals surface area contributed by atoms with Gasteiger partial charge in [-0.15, -0.1) is 10.2 Å². The molecule has 7 heteroatoms. The molecule has 6 nitrogen and oxygen atoms in total. The second-order valence-electron chi connectivity index (χ2n) is 3.63. The maximum atomic E-state index is 10.6. The Morgan fingerprint density at radius 1 is 1.47 bits per heavy atom. The van der Waals surface area contributed by atoms with Crippen LogP contribution in [0.1, 0.15) is 11.5 Å². The van der Waals surface area contributed by atoms with Crippen LogP contribution in [0.25, 0.3) is 11.4 Å². The van der Waals surface area contributed by atoms with Crippen LogP contribution in [0.5, 0.6) is 0 Å². The van der Waals surface area contributed by atoms with Crippen molar-refractivity contribution < 1.29 is 8.76 Å². The van der Waals surface area contributed by atoms with Gasteiger partial charge >= 0.3 is 0 Å². The predicted octanol–water partition coefficient (Wildman–Crippen LogP) is 0.565. The van der Waals surface area contributed by atoms with Crippen molar-refractivity contribution in [3.8, 4) is 11.4 Å². The lowest BCUT2D eigenvalue weighted by atomic mass is 10.2. The molecular formula is C10H11N4O2S-. The summed E-state index contributed by atoms with van der Waals surface area (Å²) in [7, 11) is 1.74.